The van der Waals surface area contributed by atoms with E-state index in [1.165, 1.54) is 0 Å². The minimum absolute atomic E-state index is 0.0693. The fourth-order valence-corrected chi connectivity index (χ4v) is 2.60. The van der Waals surface area contributed by atoms with Crippen LogP contribution in [0.1, 0.15) is 25.7 Å². The number of hydrogen-bond acceptors (Lipinski definition) is 4. The molecule has 20 heavy (non-hydrogen) atoms. The predicted octanol–water partition coefficient (Wildman–Crippen LogP) is 2.23. The second-order valence-corrected chi connectivity index (χ2v) is 5.03. The molecule has 5 heteroatoms. The van der Waals surface area contributed by atoms with Crippen molar-refractivity contribution in [2.75, 3.05) is 14.2 Å². The Morgan fingerprint density at radius 3 is 2.40 bits per heavy atom. The van der Waals surface area contributed by atoms with Crippen molar-refractivity contribution in [3.05, 3.63) is 30.1 Å². The van der Waals surface area contributed by atoms with Crippen LogP contribution in [0, 0.1) is 0 Å². The van der Waals surface area contributed by atoms with Gasteiger partial charge in [-0.05, 0) is 26.0 Å². The van der Waals surface area contributed by atoms with Gasteiger partial charge < -0.3 is 19.4 Å². The third kappa shape index (κ3) is 2.85. The summed E-state index contributed by atoms with van der Waals surface area (Å²) in [5.74, 6) is 1.00. The number of aromatic nitrogens is 2. The molecule has 0 amide bonds. The van der Waals surface area contributed by atoms with Crippen LogP contribution in [0.2, 0.25) is 0 Å². The molecule has 0 fully saturated rings. The van der Waals surface area contributed by atoms with Gasteiger partial charge in [0.1, 0.15) is 5.82 Å². The first-order valence-corrected chi connectivity index (χ1v) is 6.81. The fraction of sp³-hybridized carbons (Fsp3) is 0.533. The van der Waals surface area contributed by atoms with Gasteiger partial charge in [0.2, 0.25) is 0 Å². The average Bonchev–Trinajstić information content (AvgIpc) is 2.78. The Hall–Kier alpha value is -1.43. The molecule has 0 aliphatic heterocycles. The number of fused-ring (bicyclic) bond motifs is 1. The number of benzene rings is 1. The zero-order valence-electron chi connectivity index (χ0n) is 12.8. The summed E-state index contributed by atoms with van der Waals surface area (Å²) in [6.45, 7) is 4.14. The van der Waals surface area contributed by atoms with Crippen LogP contribution >= 0.6 is 0 Å². The zero-order chi connectivity index (χ0) is 14.7. The monoisotopic (exact) mass is 277 g/mol. The molecule has 5 nitrogen and oxygen atoms in total. The highest BCUT2D eigenvalue weighted by Gasteiger charge is 2.21. The number of nitrogens with one attached hydrogen (secondary N) is 1. The maximum absolute atomic E-state index is 5.28. The third-order valence-corrected chi connectivity index (χ3v) is 3.59. The highest BCUT2D eigenvalue weighted by molar-refractivity contribution is 5.75. The van der Waals surface area contributed by atoms with E-state index in [0.717, 1.165) is 16.9 Å². The average molecular weight is 277 g/mol. The van der Waals surface area contributed by atoms with Crippen molar-refractivity contribution in [1.29, 1.82) is 0 Å². The van der Waals surface area contributed by atoms with Crippen molar-refractivity contribution in [1.82, 2.24) is 14.9 Å². The van der Waals surface area contributed by atoms with Gasteiger partial charge in [0.25, 0.3) is 0 Å². The molecule has 1 aromatic carbocycles. The molecule has 1 N–H and O–H groups in total. The van der Waals surface area contributed by atoms with Crippen LogP contribution in [0.3, 0.4) is 0 Å². The summed E-state index contributed by atoms with van der Waals surface area (Å²) < 4.78 is 12.7. The van der Waals surface area contributed by atoms with Crippen molar-refractivity contribution >= 4 is 11.0 Å². The number of nitrogens with zero attached hydrogens (tertiary/aromatic N) is 2. The molecule has 0 radical (unpaired) electrons. The minimum atomic E-state index is -0.271. The smallest absolute Gasteiger partial charge is 0.171 e. The largest absolute Gasteiger partial charge is 0.354 e. The Morgan fingerprint density at radius 1 is 1.15 bits per heavy atom. The van der Waals surface area contributed by atoms with E-state index in [9.17, 15) is 0 Å². The molecule has 0 spiro atoms. The first-order chi connectivity index (χ1) is 9.58. The summed E-state index contributed by atoms with van der Waals surface area (Å²) in [5.41, 5.74) is 2.15. The summed E-state index contributed by atoms with van der Waals surface area (Å²) in [4.78, 5) is 4.70. The minimum Gasteiger partial charge on any atom is -0.354 e. The highest BCUT2D eigenvalue weighted by atomic mass is 16.7. The topological polar surface area (TPSA) is 48.3 Å². The molecular formula is C15H23N3O2. The first-order valence-electron chi connectivity index (χ1n) is 6.81. The Balaban J connectivity index is 2.19. The molecule has 1 aromatic heterocycles. The lowest BCUT2D eigenvalue weighted by Crippen LogP contribution is -2.41. The lowest BCUT2D eigenvalue weighted by atomic mass is 10.2. The normalized spacial score (nSPS) is 14.9. The van der Waals surface area contributed by atoms with E-state index in [-0.39, 0.29) is 18.4 Å². The van der Waals surface area contributed by atoms with Crippen LogP contribution in [0.4, 0.5) is 0 Å². The van der Waals surface area contributed by atoms with Crippen molar-refractivity contribution in [3.63, 3.8) is 0 Å². The predicted molar refractivity (Wildman–Crippen MR) is 79.5 cm³/mol. The number of para-hydroxylation sites is 2. The molecule has 2 rings (SSSR count). The lowest BCUT2D eigenvalue weighted by molar-refractivity contribution is -0.120. The van der Waals surface area contributed by atoms with Gasteiger partial charge in [-0.2, -0.15) is 0 Å². The van der Waals surface area contributed by atoms with Crippen LogP contribution in [0.25, 0.3) is 11.0 Å². The second-order valence-electron chi connectivity index (χ2n) is 5.03. The molecule has 0 aliphatic carbocycles. The van der Waals surface area contributed by atoms with Gasteiger partial charge in [0, 0.05) is 21.3 Å². The summed E-state index contributed by atoms with van der Waals surface area (Å²) in [7, 11) is 5.33. The van der Waals surface area contributed by atoms with Gasteiger partial charge in [-0.25, -0.2) is 4.98 Å². The molecule has 0 saturated carbocycles. The van der Waals surface area contributed by atoms with Crippen molar-refractivity contribution in [2.24, 2.45) is 7.05 Å². The molecule has 2 aromatic rings. The SMILES string of the molecule is COC(OC)C(C)NC(C)c1nc2ccccc2n1C. The Bertz CT molecular complexity index is 563. The van der Waals surface area contributed by atoms with E-state index in [4.69, 9.17) is 14.5 Å². The fourth-order valence-electron chi connectivity index (χ4n) is 2.60. The number of aryl methyl sites for hydroxylation is 1. The van der Waals surface area contributed by atoms with Crippen molar-refractivity contribution in [3.8, 4) is 0 Å². The lowest BCUT2D eigenvalue weighted by Gasteiger charge is -2.25. The zero-order valence-corrected chi connectivity index (χ0v) is 12.8. The molecule has 2 unspecified atom stereocenters. The van der Waals surface area contributed by atoms with Crippen LogP contribution < -0.4 is 5.32 Å². The Kier molecular flexibility index (Phi) is 4.75. The van der Waals surface area contributed by atoms with Crippen LogP contribution in [-0.2, 0) is 16.5 Å². The Labute approximate surface area is 119 Å². The third-order valence-electron chi connectivity index (χ3n) is 3.59. The highest BCUT2D eigenvalue weighted by Crippen LogP contribution is 2.19. The van der Waals surface area contributed by atoms with E-state index in [0.29, 0.717) is 0 Å². The van der Waals surface area contributed by atoms with Crippen molar-refractivity contribution in [2.45, 2.75) is 32.2 Å². The molecule has 0 bridgehead atoms. The molecule has 2 atom stereocenters. The molecule has 110 valence electrons. The standard InChI is InChI=1S/C15H23N3O2/c1-10(16-11(2)15(19-4)20-5)14-17-12-8-6-7-9-13(12)18(14)3/h6-11,15-16H,1-5H3. The van der Waals surface area contributed by atoms with E-state index in [2.05, 4.69) is 22.9 Å². The molecule has 0 saturated heterocycles. The number of hydrogen-bond donors (Lipinski definition) is 1. The number of imidazole rings is 1. The van der Waals surface area contributed by atoms with Gasteiger partial charge >= 0.3 is 0 Å². The van der Waals surface area contributed by atoms with E-state index in [1.54, 1.807) is 14.2 Å². The van der Waals surface area contributed by atoms with Gasteiger partial charge in [0.15, 0.2) is 6.29 Å². The van der Waals surface area contributed by atoms with E-state index in [1.807, 2.05) is 32.2 Å². The van der Waals surface area contributed by atoms with Crippen LogP contribution in [0.15, 0.2) is 24.3 Å². The Morgan fingerprint density at radius 2 is 1.80 bits per heavy atom. The summed E-state index contributed by atoms with van der Waals surface area (Å²) >= 11 is 0. The maximum Gasteiger partial charge on any atom is 0.171 e. The summed E-state index contributed by atoms with van der Waals surface area (Å²) in [6, 6.07) is 8.32. The number of methoxy groups -OCH3 is 2. The summed E-state index contributed by atoms with van der Waals surface area (Å²) in [5, 5.41) is 3.47. The number of ether oxygens (including phenoxy) is 2. The van der Waals surface area contributed by atoms with Gasteiger partial charge in [0.05, 0.1) is 23.1 Å². The quantitative estimate of drug-likeness (QED) is 0.823. The van der Waals surface area contributed by atoms with Crippen LogP contribution in [0.5, 0.6) is 0 Å². The van der Waals surface area contributed by atoms with Gasteiger partial charge in [-0.3, -0.25) is 0 Å². The van der Waals surface area contributed by atoms with Gasteiger partial charge in [-0.1, -0.05) is 12.1 Å². The second kappa shape index (κ2) is 6.35. The van der Waals surface area contributed by atoms with E-state index < -0.39 is 0 Å². The first kappa shape index (κ1) is 15.0. The van der Waals surface area contributed by atoms with Gasteiger partial charge in [-0.15, -0.1) is 0 Å². The summed E-state index contributed by atoms with van der Waals surface area (Å²) in [6.07, 6.45) is -0.271. The van der Waals surface area contributed by atoms with E-state index >= 15 is 0 Å². The number of rotatable bonds is 6. The molecule has 1 heterocycles. The van der Waals surface area contributed by atoms with Crippen molar-refractivity contribution < 1.29 is 9.47 Å². The molecular weight excluding hydrogens is 254 g/mol. The van der Waals surface area contributed by atoms with Crippen LogP contribution in [-0.4, -0.2) is 36.1 Å². The maximum atomic E-state index is 5.28. The molecule has 0 aliphatic rings.